The second kappa shape index (κ2) is 6.43. The minimum Gasteiger partial charge on any atom is -0.305 e. The maximum absolute atomic E-state index is 12.2. The molecule has 0 aliphatic heterocycles. The summed E-state index contributed by atoms with van der Waals surface area (Å²) in [5.74, 6) is -0.0280. The highest BCUT2D eigenvalue weighted by Crippen LogP contribution is 2.27. The number of carbonyl (C=O) groups excluding carboxylic acids is 1. The fraction of sp³-hybridized carbons (Fsp3) is 0.0769. The SMILES string of the molecule is Cc1nc(NC(=O)c2cc(Br)ccc2Br)c(Cl)cc1Cl. The largest absolute Gasteiger partial charge is 0.305 e. The van der Waals surface area contributed by atoms with Gasteiger partial charge in [0, 0.05) is 8.95 Å². The fourth-order valence-electron chi connectivity index (χ4n) is 1.49. The van der Waals surface area contributed by atoms with Gasteiger partial charge in [-0.25, -0.2) is 4.98 Å². The summed E-state index contributed by atoms with van der Waals surface area (Å²) in [5, 5.41) is 3.42. The van der Waals surface area contributed by atoms with Crippen molar-refractivity contribution in [1.82, 2.24) is 4.98 Å². The van der Waals surface area contributed by atoms with Gasteiger partial charge in [-0.1, -0.05) is 39.1 Å². The van der Waals surface area contributed by atoms with Crippen LogP contribution in [0.15, 0.2) is 33.2 Å². The zero-order chi connectivity index (χ0) is 14.9. The average Bonchev–Trinajstić information content (AvgIpc) is 2.38. The Kier molecular flexibility index (Phi) is 5.07. The topological polar surface area (TPSA) is 42.0 Å². The van der Waals surface area contributed by atoms with Crippen molar-refractivity contribution in [2.24, 2.45) is 0 Å². The number of nitrogens with one attached hydrogen (secondary N) is 1. The van der Waals surface area contributed by atoms with Crippen LogP contribution in [-0.4, -0.2) is 10.9 Å². The predicted octanol–water partition coefficient (Wildman–Crippen LogP) is 5.47. The maximum atomic E-state index is 12.2. The van der Waals surface area contributed by atoms with E-state index in [1.807, 2.05) is 6.07 Å². The van der Waals surface area contributed by atoms with Gasteiger partial charge in [0.25, 0.3) is 5.91 Å². The fourth-order valence-corrected chi connectivity index (χ4v) is 2.69. The van der Waals surface area contributed by atoms with Crippen molar-refractivity contribution in [3.05, 3.63) is 54.5 Å². The molecule has 0 radical (unpaired) electrons. The molecule has 0 aliphatic carbocycles. The van der Waals surface area contributed by atoms with E-state index in [9.17, 15) is 4.79 Å². The number of aryl methyl sites for hydroxylation is 1. The molecule has 1 aromatic carbocycles. The zero-order valence-electron chi connectivity index (χ0n) is 10.2. The first kappa shape index (κ1) is 15.8. The lowest BCUT2D eigenvalue weighted by Gasteiger charge is -2.09. The van der Waals surface area contributed by atoms with E-state index in [0.717, 1.165) is 4.47 Å². The predicted molar refractivity (Wildman–Crippen MR) is 88.8 cm³/mol. The number of rotatable bonds is 2. The van der Waals surface area contributed by atoms with Gasteiger partial charge in [-0.3, -0.25) is 4.79 Å². The Bertz CT molecular complexity index is 692. The molecular formula is C13H8Br2Cl2N2O. The Hall–Kier alpha value is -0.620. The van der Waals surface area contributed by atoms with E-state index >= 15 is 0 Å². The summed E-state index contributed by atoms with van der Waals surface area (Å²) in [6.45, 7) is 1.74. The van der Waals surface area contributed by atoms with Crippen molar-refractivity contribution >= 4 is 66.8 Å². The molecule has 104 valence electrons. The van der Waals surface area contributed by atoms with Crippen LogP contribution in [0, 0.1) is 6.92 Å². The Morgan fingerprint density at radius 2 is 1.90 bits per heavy atom. The van der Waals surface area contributed by atoms with E-state index in [0.29, 0.717) is 25.8 Å². The highest BCUT2D eigenvalue weighted by Gasteiger charge is 2.14. The number of carbonyl (C=O) groups is 1. The lowest BCUT2D eigenvalue weighted by Crippen LogP contribution is -2.14. The summed E-state index contributed by atoms with van der Waals surface area (Å²) in [4.78, 5) is 16.4. The second-order valence-corrected chi connectivity index (χ2v) is 6.55. The number of aromatic nitrogens is 1. The van der Waals surface area contributed by atoms with Crippen LogP contribution < -0.4 is 5.32 Å². The van der Waals surface area contributed by atoms with E-state index in [4.69, 9.17) is 23.2 Å². The van der Waals surface area contributed by atoms with Crippen LogP contribution in [-0.2, 0) is 0 Å². The van der Waals surface area contributed by atoms with Gasteiger partial charge >= 0.3 is 0 Å². The summed E-state index contributed by atoms with van der Waals surface area (Å²) < 4.78 is 1.48. The summed E-state index contributed by atoms with van der Waals surface area (Å²) in [6, 6.07) is 6.87. The highest BCUT2D eigenvalue weighted by molar-refractivity contribution is 9.11. The average molecular weight is 439 g/mol. The van der Waals surface area contributed by atoms with E-state index in [-0.39, 0.29) is 11.7 Å². The molecule has 20 heavy (non-hydrogen) atoms. The molecule has 0 atom stereocenters. The quantitative estimate of drug-likeness (QED) is 0.675. The lowest BCUT2D eigenvalue weighted by molar-refractivity contribution is 0.102. The molecule has 3 nitrogen and oxygen atoms in total. The number of halogens is 4. The van der Waals surface area contributed by atoms with Crippen LogP contribution in [0.2, 0.25) is 10.0 Å². The van der Waals surface area contributed by atoms with Crippen LogP contribution in [0.5, 0.6) is 0 Å². The molecule has 0 unspecified atom stereocenters. The van der Waals surface area contributed by atoms with Crippen LogP contribution in [0.1, 0.15) is 16.1 Å². The number of amides is 1. The first-order valence-electron chi connectivity index (χ1n) is 5.47. The van der Waals surface area contributed by atoms with Gasteiger partial charge < -0.3 is 5.32 Å². The van der Waals surface area contributed by atoms with E-state index in [1.165, 1.54) is 0 Å². The molecule has 0 aliphatic rings. The first-order chi connectivity index (χ1) is 9.38. The van der Waals surface area contributed by atoms with Gasteiger partial charge in [-0.2, -0.15) is 0 Å². The van der Waals surface area contributed by atoms with Crippen molar-refractivity contribution in [3.8, 4) is 0 Å². The number of nitrogens with zero attached hydrogens (tertiary/aromatic N) is 1. The van der Waals surface area contributed by atoms with Gasteiger partial charge in [0.1, 0.15) is 0 Å². The Morgan fingerprint density at radius 3 is 2.60 bits per heavy atom. The van der Waals surface area contributed by atoms with Crippen molar-refractivity contribution in [2.45, 2.75) is 6.92 Å². The molecular weight excluding hydrogens is 431 g/mol. The summed E-state index contributed by atoms with van der Waals surface area (Å²) in [7, 11) is 0. The Morgan fingerprint density at radius 1 is 1.20 bits per heavy atom. The third-order valence-electron chi connectivity index (χ3n) is 2.51. The molecule has 2 rings (SSSR count). The smallest absolute Gasteiger partial charge is 0.258 e. The highest BCUT2D eigenvalue weighted by atomic mass is 79.9. The van der Waals surface area contributed by atoms with Crippen LogP contribution in [0.25, 0.3) is 0 Å². The van der Waals surface area contributed by atoms with Crippen molar-refractivity contribution in [2.75, 3.05) is 5.32 Å². The van der Waals surface area contributed by atoms with Crippen molar-refractivity contribution < 1.29 is 4.79 Å². The third kappa shape index (κ3) is 3.52. The minimum absolute atomic E-state index is 0.283. The number of benzene rings is 1. The van der Waals surface area contributed by atoms with Gasteiger partial charge in [0.15, 0.2) is 5.82 Å². The van der Waals surface area contributed by atoms with Crippen molar-refractivity contribution in [1.29, 1.82) is 0 Å². The van der Waals surface area contributed by atoms with Gasteiger partial charge in [0.2, 0.25) is 0 Å². The summed E-state index contributed by atoms with van der Waals surface area (Å²) in [6.07, 6.45) is 0. The van der Waals surface area contributed by atoms with E-state index < -0.39 is 0 Å². The van der Waals surface area contributed by atoms with Crippen LogP contribution in [0.4, 0.5) is 5.82 Å². The normalized spacial score (nSPS) is 10.4. The molecule has 7 heteroatoms. The molecule has 2 aromatic rings. The van der Waals surface area contributed by atoms with E-state index in [1.54, 1.807) is 25.1 Å². The van der Waals surface area contributed by atoms with Gasteiger partial charge in [-0.05, 0) is 47.1 Å². The summed E-state index contributed by atoms with van der Waals surface area (Å²) in [5.41, 5.74) is 1.07. The standard InChI is InChI=1S/C13H8Br2Cl2N2O/c1-6-10(16)5-11(17)12(18-6)19-13(20)8-4-7(14)2-3-9(8)15/h2-5H,1H3,(H,18,19,20). The maximum Gasteiger partial charge on any atom is 0.258 e. The third-order valence-corrected chi connectivity index (χ3v) is 4.37. The van der Waals surface area contributed by atoms with Crippen LogP contribution in [0.3, 0.4) is 0 Å². The Balaban J connectivity index is 2.32. The molecule has 1 N–H and O–H groups in total. The molecule has 0 fully saturated rings. The number of pyridine rings is 1. The number of hydrogen-bond acceptors (Lipinski definition) is 2. The molecule has 0 bridgehead atoms. The Labute approximate surface area is 142 Å². The monoisotopic (exact) mass is 436 g/mol. The molecule has 1 aromatic heterocycles. The zero-order valence-corrected chi connectivity index (χ0v) is 14.9. The molecule has 0 saturated carbocycles. The van der Waals surface area contributed by atoms with Crippen LogP contribution >= 0.6 is 55.1 Å². The lowest BCUT2D eigenvalue weighted by atomic mass is 10.2. The van der Waals surface area contributed by atoms with E-state index in [2.05, 4.69) is 42.2 Å². The molecule has 1 amide bonds. The number of anilines is 1. The number of hydrogen-bond donors (Lipinski definition) is 1. The minimum atomic E-state index is -0.311. The second-order valence-electron chi connectivity index (χ2n) is 3.96. The van der Waals surface area contributed by atoms with Gasteiger partial charge in [0.05, 0.1) is 21.3 Å². The summed E-state index contributed by atoms with van der Waals surface area (Å²) >= 11 is 18.6. The van der Waals surface area contributed by atoms with Gasteiger partial charge in [-0.15, -0.1) is 0 Å². The molecule has 1 heterocycles. The van der Waals surface area contributed by atoms with Crippen molar-refractivity contribution in [3.63, 3.8) is 0 Å². The molecule has 0 saturated heterocycles. The first-order valence-corrected chi connectivity index (χ1v) is 7.81. The molecule has 0 spiro atoms.